The number of ether oxygens (including phenoxy) is 1. The first-order valence-electron chi connectivity index (χ1n) is 7.44. The van der Waals surface area contributed by atoms with Gasteiger partial charge in [0, 0.05) is 24.7 Å². The van der Waals surface area contributed by atoms with E-state index in [1.54, 1.807) is 0 Å². The van der Waals surface area contributed by atoms with E-state index in [9.17, 15) is 0 Å². The largest absolute Gasteiger partial charge is 0.376 e. The molecule has 1 saturated heterocycles. The molecule has 1 aliphatic rings. The summed E-state index contributed by atoms with van der Waals surface area (Å²) in [6, 6.07) is 0.623. The molecule has 1 N–H and O–H groups in total. The zero-order valence-electron chi connectivity index (χ0n) is 13.1. The normalized spacial score (nSPS) is 26.0. The summed E-state index contributed by atoms with van der Waals surface area (Å²) < 4.78 is 5.74. The monoisotopic (exact) mass is 256 g/mol. The highest BCUT2D eigenvalue weighted by molar-refractivity contribution is 4.81. The van der Waals surface area contributed by atoms with Gasteiger partial charge in [0.05, 0.1) is 12.7 Å². The van der Waals surface area contributed by atoms with Crippen LogP contribution in [-0.2, 0) is 4.74 Å². The van der Waals surface area contributed by atoms with Gasteiger partial charge in [-0.05, 0) is 46.6 Å². The summed E-state index contributed by atoms with van der Waals surface area (Å²) in [5.41, 5.74) is 0.213. The molecule has 18 heavy (non-hydrogen) atoms. The number of nitrogens with one attached hydrogen (secondary N) is 1. The average Bonchev–Trinajstić information content (AvgIpc) is 2.34. The minimum Gasteiger partial charge on any atom is -0.376 e. The standard InChI is InChI=1S/C15H32N2O/c1-7-14-11-17(8-9-18-14)13(3)12(2)10-16-15(4,5)6/h12-14,16H,7-11H2,1-6H3. The maximum atomic E-state index is 5.74. The molecule has 0 saturated carbocycles. The molecule has 0 bridgehead atoms. The summed E-state index contributed by atoms with van der Waals surface area (Å²) in [4.78, 5) is 2.59. The molecular weight excluding hydrogens is 224 g/mol. The van der Waals surface area contributed by atoms with E-state index in [4.69, 9.17) is 4.74 Å². The van der Waals surface area contributed by atoms with Crippen LogP contribution in [0.25, 0.3) is 0 Å². The third kappa shape index (κ3) is 5.25. The summed E-state index contributed by atoms with van der Waals surface area (Å²) in [6.07, 6.45) is 1.56. The van der Waals surface area contributed by atoms with E-state index < -0.39 is 0 Å². The topological polar surface area (TPSA) is 24.5 Å². The van der Waals surface area contributed by atoms with Gasteiger partial charge >= 0.3 is 0 Å². The number of hydrogen-bond donors (Lipinski definition) is 1. The van der Waals surface area contributed by atoms with Crippen molar-refractivity contribution in [1.82, 2.24) is 10.2 Å². The number of hydrogen-bond acceptors (Lipinski definition) is 3. The van der Waals surface area contributed by atoms with Crippen molar-refractivity contribution in [1.29, 1.82) is 0 Å². The smallest absolute Gasteiger partial charge is 0.0700 e. The predicted octanol–water partition coefficient (Wildman–Crippen LogP) is 2.51. The molecule has 1 heterocycles. The van der Waals surface area contributed by atoms with E-state index in [1.165, 1.54) is 0 Å². The third-order valence-electron chi connectivity index (χ3n) is 3.98. The lowest BCUT2D eigenvalue weighted by Crippen LogP contribution is -2.51. The maximum absolute atomic E-state index is 5.74. The van der Waals surface area contributed by atoms with Crippen molar-refractivity contribution in [2.45, 2.75) is 65.6 Å². The number of morpholine rings is 1. The Balaban J connectivity index is 2.40. The lowest BCUT2D eigenvalue weighted by molar-refractivity contribution is -0.0490. The van der Waals surface area contributed by atoms with Gasteiger partial charge in [-0.3, -0.25) is 4.90 Å². The van der Waals surface area contributed by atoms with Crippen molar-refractivity contribution in [3.8, 4) is 0 Å². The Morgan fingerprint density at radius 2 is 2.00 bits per heavy atom. The van der Waals surface area contributed by atoms with Crippen LogP contribution in [0.2, 0.25) is 0 Å². The lowest BCUT2D eigenvalue weighted by Gasteiger charge is -2.39. The van der Waals surface area contributed by atoms with Crippen LogP contribution < -0.4 is 5.32 Å². The van der Waals surface area contributed by atoms with Crippen LogP contribution in [0, 0.1) is 5.92 Å². The van der Waals surface area contributed by atoms with E-state index in [2.05, 4.69) is 51.8 Å². The van der Waals surface area contributed by atoms with Crippen molar-refractivity contribution in [2.24, 2.45) is 5.92 Å². The van der Waals surface area contributed by atoms with Crippen molar-refractivity contribution in [2.75, 3.05) is 26.2 Å². The summed E-state index contributed by atoms with van der Waals surface area (Å²) in [5.74, 6) is 0.667. The number of nitrogens with zero attached hydrogens (tertiary/aromatic N) is 1. The molecule has 1 fully saturated rings. The molecule has 3 atom stereocenters. The number of rotatable bonds is 5. The third-order valence-corrected chi connectivity index (χ3v) is 3.98. The molecule has 0 aromatic rings. The van der Waals surface area contributed by atoms with Crippen LogP contribution >= 0.6 is 0 Å². The maximum Gasteiger partial charge on any atom is 0.0700 e. The van der Waals surface area contributed by atoms with Gasteiger partial charge < -0.3 is 10.1 Å². The SMILES string of the molecule is CCC1CN(C(C)C(C)CNC(C)(C)C)CCO1. The van der Waals surface area contributed by atoms with E-state index in [1.807, 2.05) is 0 Å². The van der Waals surface area contributed by atoms with E-state index >= 15 is 0 Å². The second kappa shape index (κ2) is 6.88. The van der Waals surface area contributed by atoms with Crippen molar-refractivity contribution in [3.63, 3.8) is 0 Å². The van der Waals surface area contributed by atoms with Gasteiger partial charge in [-0.15, -0.1) is 0 Å². The molecule has 108 valence electrons. The van der Waals surface area contributed by atoms with Crippen LogP contribution in [0.5, 0.6) is 0 Å². The molecule has 0 aliphatic carbocycles. The molecule has 0 spiro atoms. The highest BCUT2D eigenvalue weighted by Crippen LogP contribution is 2.17. The first-order chi connectivity index (χ1) is 8.33. The van der Waals surface area contributed by atoms with Gasteiger partial charge in [-0.1, -0.05) is 13.8 Å². The Kier molecular flexibility index (Phi) is 6.09. The van der Waals surface area contributed by atoms with Crippen LogP contribution in [0.1, 0.15) is 48.0 Å². The van der Waals surface area contributed by atoms with Crippen LogP contribution in [0.4, 0.5) is 0 Å². The molecule has 0 radical (unpaired) electrons. The summed E-state index contributed by atoms with van der Waals surface area (Å²) in [7, 11) is 0. The fourth-order valence-electron chi connectivity index (χ4n) is 2.36. The molecular formula is C15H32N2O. The minimum atomic E-state index is 0.213. The summed E-state index contributed by atoms with van der Waals surface area (Å²) in [5, 5.41) is 3.61. The molecule has 3 unspecified atom stereocenters. The van der Waals surface area contributed by atoms with Crippen LogP contribution in [0.15, 0.2) is 0 Å². The van der Waals surface area contributed by atoms with Gasteiger partial charge in [-0.2, -0.15) is 0 Å². The van der Waals surface area contributed by atoms with Crippen molar-refractivity contribution < 1.29 is 4.74 Å². The van der Waals surface area contributed by atoms with Crippen molar-refractivity contribution in [3.05, 3.63) is 0 Å². The molecule has 0 amide bonds. The molecule has 0 aromatic carbocycles. The van der Waals surface area contributed by atoms with E-state index in [0.29, 0.717) is 18.1 Å². The zero-order chi connectivity index (χ0) is 13.8. The Bertz CT molecular complexity index is 237. The Morgan fingerprint density at radius 1 is 1.33 bits per heavy atom. The fourth-order valence-corrected chi connectivity index (χ4v) is 2.36. The lowest BCUT2D eigenvalue weighted by atomic mass is 9.99. The van der Waals surface area contributed by atoms with Crippen molar-refractivity contribution >= 4 is 0 Å². The molecule has 0 aromatic heterocycles. The average molecular weight is 256 g/mol. The molecule has 3 nitrogen and oxygen atoms in total. The summed E-state index contributed by atoms with van der Waals surface area (Å²) >= 11 is 0. The Hall–Kier alpha value is -0.120. The van der Waals surface area contributed by atoms with E-state index in [-0.39, 0.29) is 5.54 Å². The van der Waals surface area contributed by atoms with Gasteiger partial charge in [0.2, 0.25) is 0 Å². The Morgan fingerprint density at radius 3 is 2.56 bits per heavy atom. The summed E-state index contributed by atoms with van der Waals surface area (Å²) in [6.45, 7) is 17.7. The zero-order valence-corrected chi connectivity index (χ0v) is 13.1. The minimum absolute atomic E-state index is 0.213. The van der Waals surface area contributed by atoms with Gasteiger partial charge in [0.25, 0.3) is 0 Å². The highest BCUT2D eigenvalue weighted by Gasteiger charge is 2.26. The molecule has 1 aliphatic heterocycles. The highest BCUT2D eigenvalue weighted by atomic mass is 16.5. The van der Waals surface area contributed by atoms with Gasteiger partial charge in [0.1, 0.15) is 0 Å². The second-order valence-corrected chi connectivity index (χ2v) is 6.74. The van der Waals surface area contributed by atoms with Crippen LogP contribution in [0.3, 0.4) is 0 Å². The Labute approximate surface area is 113 Å². The molecule has 3 heteroatoms. The predicted molar refractivity (Wildman–Crippen MR) is 78.0 cm³/mol. The van der Waals surface area contributed by atoms with E-state index in [0.717, 1.165) is 32.7 Å². The first kappa shape index (κ1) is 15.9. The second-order valence-electron chi connectivity index (χ2n) is 6.74. The van der Waals surface area contributed by atoms with Crippen LogP contribution in [-0.4, -0.2) is 48.8 Å². The fraction of sp³-hybridized carbons (Fsp3) is 1.00. The van der Waals surface area contributed by atoms with Gasteiger partial charge in [-0.25, -0.2) is 0 Å². The first-order valence-corrected chi connectivity index (χ1v) is 7.44. The molecule has 1 rings (SSSR count). The quantitative estimate of drug-likeness (QED) is 0.818. The van der Waals surface area contributed by atoms with Gasteiger partial charge in [0.15, 0.2) is 0 Å².